The molecule has 0 radical (unpaired) electrons. The first-order chi connectivity index (χ1) is 7.62. The third-order valence-corrected chi connectivity index (χ3v) is 6.33. The van der Waals surface area contributed by atoms with Gasteiger partial charge in [0.1, 0.15) is 6.61 Å². The standard InChI is InChI=1S/C8H13O5PSi2/c9-8(14(10,12-15)13-16)11-6-7-4-2-1-3-5-7/h1-5H,6H2,15-16H3. The van der Waals surface area contributed by atoms with Crippen molar-refractivity contribution in [1.29, 1.82) is 0 Å². The van der Waals surface area contributed by atoms with E-state index >= 15 is 0 Å². The fraction of sp³-hybridized carbons (Fsp3) is 0.125. The van der Waals surface area contributed by atoms with E-state index in [4.69, 9.17) is 4.74 Å². The Hall–Kier alpha value is -0.726. The van der Waals surface area contributed by atoms with Crippen LogP contribution in [-0.2, 0) is 24.3 Å². The van der Waals surface area contributed by atoms with Crippen molar-refractivity contribution in [2.75, 3.05) is 0 Å². The zero-order valence-corrected chi connectivity index (χ0v) is 14.0. The molecular formula is C8H13O5PSi2. The maximum Gasteiger partial charge on any atom is 0.419 e. The van der Waals surface area contributed by atoms with Gasteiger partial charge in [-0.3, -0.25) is 0 Å². The van der Waals surface area contributed by atoms with Crippen molar-refractivity contribution in [1.82, 2.24) is 0 Å². The summed E-state index contributed by atoms with van der Waals surface area (Å²) in [6.45, 7) is 0.0689. The molecule has 0 saturated carbocycles. The van der Waals surface area contributed by atoms with Gasteiger partial charge >= 0.3 is 13.3 Å². The molecule has 88 valence electrons. The number of carbonyl (C=O) groups excluding carboxylic acids is 1. The zero-order valence-electron chi connectivity index (χ0n) is 9.08. The molecule has 5 nitrogen and oxygen atoms in total. The van der Waals surface area contributed by atoms with Crippen LogP contribution >= 0.6 is 7.60 Å². The van der Waals surface area contributed by atoms with E-state index in [1.807, 2.05) is 18.2 Å². The highest BCUT2D eigenvalue weighted by Crippen LogP contribution is 2.47. The van der Waals surface area contributed by atoms with E-state index < -0.39 is 13.3 Å². The molecule has 0 atom stereocenters. The second-order valence-corrected chi connectivity index (χ2v) is 7.18. The van der Waals surface area contributed by atoms with Crippen LogP contribution in [0.1, 0.15) is 5.56 Å². The van der Waals surface area contributed by atoms with Crippen LogP contribution in [0.2, 0.25) is 0 Å². The molecule has 0 unspecified atom stereocenters. The highest BCUT2D eigenvalue weighted by Gasteiger charge is 2.33. The fourth-order valence-corrected chi connectivity index (χ4v) is 4.38. The van der Waals surface area contributed by atoms with E-state index in [1.54, 1.807) is 12.1 Å². The summed E-state index contributed by atoms with van der Waals surface area (Å²) in [6.07, 6.45) is 0. The Morgan fingerprint density at radius 1 is 1.19 bits per heavy atom. The lowest BCUT2D eigenvalue weighted by molar-refractivity contribution is 0.159. The van der Waals surface area contributed by atoms with Gasteiger partial charge in [-0.1, -0.05) is 30.3 Å². The van der Waals surface area contributed by atoms with E-state index in [0.717, 1.165) is 5.56 Å². The van der Waals surface area contributed by atoms with Gasteiger partial charge in [-0.05, 0) is 5.56 Å². The highest BCUT2D eigenvalue weighted by atomic mass is 31.2. The van der Waals surface area contributed by atoms with E-state index in [0.29, 0.717) is 0 Å². The first-order valence-electron chi connectivity index (χ1n) is 4.55. The Balaban J connectivity index is 2.57. The number of hydrogen-bond acceptors (Lipinski definition) is 5. The summed E-state index contributed by atoms with van der Waals surface area (Å²) < 4.78 is 25.8. The van der Waals surface area contributed by atoms with Crippen LogP contribution in [-0.4, -0.2) is 26.7 Å². The predicted octanol–water partition coefficient (Wildman–Crippen LogP) is 0.110. The van der Waals surface area contributed by atoms with Crippen LogP contribution in [0.4, 0.5) is 4.79 Å². The van der Waals surface area contributed by atoms with E-state index in [-0.39, 0.29) is 27.6 Å². The first kappa shape index (κ1) is 13.3. The molecule has 0 bridgehead atoms. The number of hydrogen-bond donors (Lipinski definition) is 0. The predicted molar refractivity (Wildman–Crippen MR) is 66.3 cm³/mol. The normalized spacial score (nSPS) is 14.5. The molecule has 0 N–H and O–H groups in total. The van der Waals surface area contributed by atoms with Crippen LogP contribution in [0, 0.1) is 0 Å². The summed E-state index contributed by atoms with van der Waals surface area (Å²) in [5, 5.41) is 0. The van der Waals surface area contributed by atoms with Gasteiger partial charge in [0.25, 0.3) is 0 Å². The summed E-state index contributed by atoms with van der Waals surface area (Å²) >= 11 is 0. The summed E-state index contributed by atoms with van der Waals surface area (Å²) in [5.74, 6) is 0. The monoisotopic (exact) mass is 276 g/mol. The lowest BCUT2D eigenvalue weighted by atomic mass is 10.2. The molecule has 1 aromatic carbocycles. The third kappa shape index (κ3) is 3.39. The lowest BCUT2D eigenvalue weighted by Crippen LogP contribution is -2.07. The van der Waals surface area contributed by atoms with E-state index in [2.05, 4.69) is 8.43 Å². The van der Waals surface area contributed by atoms with Gasteiger partial charge in [0.15, 0.2) is 21.0 Å². The molecule has 16 heavy (non-hydrogen) atoms. The molecule has 1 aromatic rings. The summed E-state index contributed by atoms with van der Waals surface area (Å²) in [7, 11) is -3.32. The molecule has 0 aliphatic heterocycles. The smallest absolute Gasteiger partial charge is 0.419 e. The molecule has 0 aliphatic carbocycles. The second-order valence-electron chi connectivity index (χ2n) is 2.90. The van der Waals surface area contributed by atoms with Crippen LogP contribution in [0.5, 0.6) is 0 Å². The van der Waals surface area contributed by atoms with Gasteiger partial charge in [-0.2, -0.15) is 0 Å². The van der Waals surface area contributed by atoms with Crippen molar-refractivity contribution in [3.8, 4) is 0 Å². The zero-order chi connectivity index (χ0) is 12.0. The highest BCUT2D eigenvalue weighted by molar-refractivity contribution is 7.72. The molecule has 0 fully saturated rings. The third-order valence-electron chi connectivity index (χ3n) is 1.91. The number of benzene rings is 1. The van der Waals surface area contributed by atoms with Crippen molar-refractivity contribution in [3.05, 3.63) is 35.9 Å². The molecule has 0 heterocycles. The first-order valence-corrected chi connectivity index (χ1v) is 7.72. The molecule has 0 spiro atoms. The van der Waals surface area contributed by atoms with Crippen LogP contribution in [0.3, 0.4) is 0 Å². The Morgan fingerprint density at radius 2 is 1.75 bits per heavy atom. The van der Waals surface area contributed by atoms with Crippen molar-refractivity contribution >= 4 is 34.3 Å². The molecular weight excluding hydrogens is 263 g/mol. The van der Waals surface area contributed by atoms with Gasteiger partial charge < -0.3 is 13.2 Å². The van der Waals surface area contributed by atoms with E-state index in [9.17, 15) is 9.36 Å². The topological polar surface area (TPSA) is 61.8 Å². The van der Waals surface area contributed by atoms with Gasteiger partial charge in [0.05, 0.1) is 0 Å². The van der Waals surface area contributed by atoms with E-state index in [1.165, 1.54) is 0 Å². The molecule has 8 heteroatoms. The molecule has 0 aliphatic rings. The maximum atomic E-state index is 11.6. The van der Waals surface area contributed by atoms with Crippen molar-refractivity contribution in [2.24, 2.45) is 0 Å². The summed E-state index contributed by atoms with van der Waals surface area (Å²) in [4.78, 5) is 11.4. The average Bonchev–Trinajstić information content (AvgIpc) is 2.36. The Bertz CT molecular complexity index is 389. The summed E-state index contributed by atoms with van der Waals surface area (Å²) in [5.41, 5.74) is -0.0922. The van der Waals surface area contributed by atoms with Gasteiger partial charge in [-0.25, -0.2) is 9.36 Å². The van der Waals surface area contributed by atoms with Gasteiger partial charge in [-0.15, -0.1) is 0 Å². The lowest BCUT2D eigenvalue weighted by Gasteiger charge is -2.13. The van der Waals surface area contributed by atoms with Crippen molar-refractivity contribution < 1.29 is 22.5 Å². The maximum absolute atomic E-state index is 11.6. The van der Waals surface area contributed by atoms with Gasteiger partial charge in [0.2, 0.25) is 0 Å². The Morgan fingerprint density at radius 3 is 2.25 bits per heavy atom. The summed E-state index contributed by atoms with van der Waals surface area (Å²) in [6, 6.07) is 9.13. The van der Waals surface area contributed by atoms with Crippen molar-refractivity contribution in [2.45, 2.75) is 6.61 Å². The number of carbonyl (C=O) groups is 1. The largest absolute Gasteiger partial charge is 0.452 e. The van der Waals surface area contributed by atoms with Crippen LogP contribution in [0.15, 0.2) is 30.3 Å². The SMILES string of the molecule is O=C(OCc1ccccc1)P(=O)(O[SiH3])O[SiH3]. The van der Waals surface area contributed by atoms with Crippen LogP contribution < -0.4 is 0 Å². The van der Waals surface area contributed by atoms with Crippen molar-refractivity contribution in [3.63, 3.8) is 0 Å². The number of rotatable bonds is 5. The minimum absolute atomic E-state index is 0.0689. The Labute approximate surface area is 99.7 Å². The molecule has 1 rings (SSSR count). The fourth-order valence-electron chi connectivity index (χ4n) is 1.02. The minimum atomic E-state index is -3.65. The van der Waals surface area contributed by atoms with Gasteiger partial charge in [0, 0.05) is 0 Å². The molecule has 0 amide bonds. The second kappa shape index (κ2) is 6.12. The Kier molecular flexibility index (Phi) is 5.10. The van der Waals surface area contributed by atoms with Crippen LogP contribution in [0.25, 0.3) is 0 Å². The molecule has 0 saturated heterocycles. The average molecular weight is 276 g/mol. The quantitative estimate of drug-likeness (QED) is 0.564. The number of ether oxygens (including phenoxy) is 1. The minimum Gasteiger partial charge on any atom is -0.452 e. The molecule has 0 aromatic heterocycles.